The van der Waals surface area contributed by atoms with Crippen molar-refractivity contribution in [2.75, 3.05) is 4.90 Å². The Morgan fingerprint density at radius 2 is 1.69 bits per heavy atom. The van der Waals surface area contributed by atoms with Gasteiger partial charge in [-0.2, -0.15) is 14.6 Å². The Balaban J connectivity index is 1.70. The Kier molecular flexibility index (Phi) is 4.02. The number of thiazole rings is 1. The number of benzene rings is 2. The molecular weight excluding hydrogens is 435 g/mol. The summed E-state index contributed by atoms with van der Waals surface area (Å²) in [6.45, 7) is 0. The van der Waals surface area contributed by atoms with Crippen LogP contribution >= 0.6 is 34.5 Å². The highest BCUT2D eigenvalue weighted by molar-refractivity contribution is 7.19. The van der Waals surface area contributed by atoms with Gasteiger partial charge in [-0.05, 0) is 18.2 Å². The molecule has 1 aliphatic rings. The highest BCUT2D eigenvalue weighted by Gasteiger charge is 2.42. The highest BCUT2D eigenvalue weighted by Crippen LogP contribution is 2.37. The average Bonchev–Trinajstić information content (AvgIpc) is 3.18. The lowest BCUT2D eigenvalue weighted by molar-refractivity contribution is 0.0924. The molecule has 1 aliphatic heterocycles. The number of anilines is 1. The third-order valence-corrected chi connectivity index (χ3v) is 5.96. The van der Waals surface area contributed by atoms with Gasteiger partial charge in [-0.3, -0.25) is 14.4 Å². The van der Waals surface area contributed by atoms with Crippen molar-refractivity contribution >= 4 is 57.0 Å². The second-order valence-corrected chi connectivity index (χ2v) is 7.97. The van der Waals surface area contributed by atoms with Gasteiger partial charge in [-0.1, -0.05) is 64.9 Å². The summed E-state index contributed by atoms with van der Waals surface area (Å²) >= 11 is 13.0. The molecule has 3 heterocycles. The summed E-state index contributed by atoms with van der Waals surface area (Å²) in [6.07, 6.45) is 0. The molecule has 0 spiro atoms. The molecule has 0 N–H and O–H groups in total. The Bertz CT molecular complexity index is 1400. The molecule has 0 saturated carbocycles. The van der Waals surface area contributed by atoms with Crippen LogP contribution in [0.1, 0.15) is 20.2 Å². The van der Waals surface area contributed by atoms with Gasteiger partial charge in [0.2, 0.25) is 4.96 Å². The van der Waals surface area contributed by atoms with Crippen molar-refractivity contribution in [3.8, 4) is 11.3 Å². The van der Waals surface area contributed by atoms with Gasteiger partial charge in [0.15, 0.2) is 11.4 Å². The molecule has 0 atom stereocenters. The lowest BCUT2D eigenvalue weighted by Gasteiger charge is -2.15. The van der Waals surface area contributed by atoms with Crippen molar-refractivity contribution in [1.29, 1.82) is 0 Å². The molecule has 5 rings (SSSR count). The molecule has 4 aromatic rings. The molecule has 0 aliphatic carbocycles. The SMILES string of the molecule is O=C1c2sc3nc(=O)c(-c4ccccc4)nn3c2C(=O)N1c1ccc(Cl)cc1Cl. The van der Waals surface area contributed by atoms with E-state index in [1.807, 2.05) is 6.07 Å². The number of amides is 2. The van der Waals surface area contributed by atoms with Gasteiger partial charge in [0.25, 0.3) is 11.8 Å². The van der Waals surface area contributed by atoms with E-state index in [-0.39, 0.29) is 31.9 Å². The van der Waals surface area contributed by atoms with Gasteiger partial charge in [0.1, 0.15) is 4.88 Å². The first-order chi connectivity index (χ1) is 14.0. The smallest absolute Gasteiger partial charge is 0.267 e. The van der Waals surface area contributed by atoms with Gasteiger partial charge in [-0.15, -0.1) is 0 Å². The molecule has 142 valence electrons. The van der Waals surface area contributed by atoms with E-state index in [2.05, 4.69) is 10.1 Å². The van der Waals surface area contributed by atoms with Crippen LogP contribution in [0.5, 0.6) is 0 Å². The zero-order valence-electron chi connectivity index (χ0n) is 14.3. The molecule has 7 nitrogen and oxygen atoms in total. The molecule has 0 fully saturated rings. The van der Waals surface area contributed by atoms with Crippen molar-refractivity contribution in [3.63, 3.8) is 0 Å². The number of rotatable bonds is 2. The highest BCUT2D eigenvalue weighted by atomic mass is 35.5. The van der Waals surface area contributed by atoms with Crippen molar-refractivity contribution in [1.82, 2.24) is 14.6 Å². The summed E-state index contributed by atoms with van der Waals surface area (Å²) < 4.78 is 1.24. The second kappa shape index (κ2) is 6.48. The zero-order valence-corrected chi connectivity index (χ0v) is 16.6. The third kappa shape index (κ3) is 2.68. The molecule has 10 heteroatoms. The first-order valence-electron chi connectivity index (χ1n) is 8.29. The molecule has 2 amide bonds. The van der Waals surface area contributed by atoms with Gasteiger partial charge < -0.3 is 0 Å². The monoisotopic (exact) mass is 442 g/mol. The predicted octanol–water partition coefficient (Wildman–Crippen LogP) is 3.93. The zero-order chi connectivity index (χ0) is 20.3. The third-order valence-electron chi connectivity index (χ3n) is 4.40. The topological polar surface area (TPSA) is 84.6 Å². The van der Waals surface area contributed by atoms with E-state index in [9.17, 15) is 14.4 Å². The van der Waals surface area contributed by atoms with Crippen LogP contribution in [-0.2, 0) is 0 Å². The standard InChI is InChI=1S/C19H8Cl2N4O3S/c20-10-6-7-12(11(21)8-10)24-17(27)14-15(18(24)28)29-19-22-16(26)13(23-25(14)19)9-4-2-1-3-5-9/h1-8H. The number of nitrogens with zero attached hydrogens (tertiary/aromatic N) is 4. The van der Waals surface area contributed by atoms with Crippen LogP contribution in [0.2, 0.25) is 10.0 Å². The fraction of sp³-hybridized carbons (Fsp3) is 0. The Labute approximate surface area is 176 Å². The van der Waals surface area contributed by atoms with E-state index in [4.69, 9.17) is 23.2 Å². The van der Waals surface area contributed by atoms with Gasteiger partial charge in [0, 0.05) is 10.6 Å². The first-order valence-corrected chi connectivity index (χ1v) is 9.86. The number of imide groups is 1. The summed E-state index contributed by atoms with van der Waals surface area (Å²) in [6, 6.07) is 13.3. The van der Waals surface area contributed by atoms with E-state index in [1.165, 1.54) is 22.7 Å². The van der Waals surface area contributed by atoms with Crippen LogP contribution in [0.4, 0.5) is 5.69 Å². The molecule has 0 bridgehead atoms. The second-order valence-electron chi connectivity index (χ2n) is 6.15. The van der Waals surface area contributed by atoms with Crippen LogP contribution in [0.15, 0.2) is 53.3 Å². The van der Waals surface area contributed by atoms with Crippen molar-refractivity contribution in [2.45, 2.75) is 0 Å². The first kappa shape index (κ1) is 18.0. The fourth-order valence-electron chi connectivity index (χ4n) is 3.11. The van der Waals surface area contributed by atoms with Crippen LogP contribution in [0, 0.1) is 0 Å². The lowest BCUT2D eigenvalue weighted by atomic mass is 10.2. The summed E-state index contributed by atoms with van der Waals surface area (Å²) in [4.78, 5) is 43.7. The summed E-state index contributed by atoms with van der Waals surface area (Å²) in [5, 5.41) is 4.88. The van der Waals surface area contributed by atoms with E-state index < -0.39 is 17.4 Å². The minimum Gasteiger partial charge on any atom is -0.267 e. The molecule has 0 saturated heterocycles. The van der Waals surface area contributed by atoms with E-state index in [0.29, 0.717) is 10.6 Å². The number of fused-ring (bicyclic) bond motifs is 3. The van der Waals surface area contributed by atoms with Crippen LogP contribution < -0.4 is 10.5 Å². The maximum Gasteiger partial charge on any atom is 0.300 e. The van der Waals surface area contributed by atoms with E-state index in [1.54, 1.807) is 24.3 Å². The number of aromatic nitrogens is 3. The normalized spacial score (nSPS) is 13.4. The summed E-state index contributed by atoms with van der Waals surface area (Å²) in [7, 11) is 0. The Morgan fingerprint density at radius 3 is 2.41 bits per heavy atom. The number of carbonyl (C=O) groups is 2. The Hall–Kier alpha value is -3.07. The van der Waals surface area contributed by atoms with Crippen LogP contribution in [0.3, 0.4) is 0 Å². The average molecular weight is 443 g/mol. The quantitative estimate of drug-likeness (QED) is 0.439. The molecular formula is C19H8Cl2N4O3S. The Morgan fingerprint density at radius 1 is 0.931 bits per heavy atom. The molecule has 0 unspecified atom stereocenters. The number of hydrogen-bond acceptors (Lipinski definition) is 6. The molecule has 29 heavy (non-hydrogen) atoms. The molecule has 0 radical (unpaired) electrons. The lowest BCUT2D eigenvalue weighted by Crippen LogP contribution is -2.30. The van der Waals surface area contributed by atoms with Crippen molar-refractivity contribution in [3.05, 3.63) is 79.5 Å². The maximum atomic E-state index is 13.1. The molecule has 2 aromatic carbocycles. The van der Waals surface area contributed by atoms with Gasteiger partial charge >= 0.3 is 5.56 Å². The molecule has 2 aromatic heterocycles. The summed E-state index contributed by atoms with van der Waals surface area (Å²) in [5.74, 6) is -1.15. The maximum absolute atomic E-state index is 13.1. The number of halogens is 2. The fourth-order valence-corrected chi connectivity index (χ4v) is 4.58. The predicted molar refractivity (Wildman–Crippen MR) is 110 cm³/mol. The van der Waals surface area contributed by atoms with Crippen LogP contribution in [-0.4, -0.2) is 26.4 Å². The van der Waals surface area contributed by atoms with Crippen molar-refractivity contribution < 1.29 is 9.59 Å². The van der Waals surface area contributed by atoms with Crippen LogP contribution in [0.25, 0.3) is 16.2 Å². The van der Waals surface area contributed by atoms with Crippen molar-refractivity contribution in [2.24, 2.45) is 0 Å². The van der Waals surface area contributed by atoms with E-state index >= 15 is 0 Å². The largest absolute Gasteiger partial charge is 0.300 e. The minimum absolute atomic E-state index is 0.0469. The number of carbonyl (C=O) groups excluding carboxylic acids is 2. The van der Waals surface area contributed by atoms with Gasteiger partial charge in [0.05, 0.1) is 10.7 Å². The minimum atomic E-state index is -0.600. The van der Waals surface area contributed by atoms with Gasteiger partial charge in [-0.25, -0.2) is 4.90 Å². The van der Waals surface area contributed by atoms with E-state index in [0.717, 1.165) is 16.2 Å². The number of hydrogen-bond donors (Lipinski definition) is 0. The summed E-state index contributed by atoms with van der Waals surface area (Å²) in [5.41, 5.74) is 0.389.